The molecule has 1 fully saturated rings. The van der Waals surface area contributed by atoms with Gasteiger partial charge < -0.3 is 5.32 Å². The Morgan fingerprint density at radius 3 is 2.72 bits per heavy atom. The van der Waals surface area contributed by atoms with Gasteiger partial charge in [-0.15, -0.1) is 0 Å². The van der Waals surface area contributed by atoms with Crippen molar-refractivity contribution in [3.8, 4) is 0 Å². The van der Waals surface area contributed by atoms with Crippen molar-refractivity contribution in [3.63, 3.8) is 0 Å². The third-order valence-corrected chi connectivity index (χ3v) is 4.55. The van der Waals surface area contributed by atoms with E-state index in [1.165, 1.54) is 31.4 Å². The first-order chi connectivity index (χ1) is 8.56. The number of nitrogens with one attached hydrogen (secondary N) is 1. The van der Waals surface area contributed by atoms with Crippen LogP contribution < -0.4 is 5.32 Å². The predicted molar refractivity (Wildman–Crippen MR) is 74.2 cm³/mol. The van der Waals surface area contributed by atoms with Crippen LogP contribution in [0.1, 0.15) is 38.7 Å². The van der Waals surface area contributed by atoms with E-state index >= 15 is 0 Å². The van der Waals surface area contributed by atoms with Crippen LogP contribution in [0.3, 0.4) is 0 Å². The molecule has 3 atom stereocenters. The fourth-order valence-corrected chi connectivity index (χ4v) is 2.89. The van der Waals surface area contributed by atoms with Gasteiger partial charge in [-0.25, -0.2) is 4.39 Å². The predicted octanol–water partition coefficient (Wildman–Crippen LogP) is 4.39. The summed E-state index contributed by atoms with van der Waals surface area (Å²) in [6.07, 6.45) is 3.74. The molecule has 0 aliphatic heterocycles. The molecule has 0 spiro atoms. The number of rotatable bonds is 3. The van der Waals surface area contributed by atoms with Crippen LogP contribution in [-0.2, 0) is 6.54 Å². The fourth-order valence-electron chi connectivity index (χ4n) is 2.65. The van der Waals surface area contributed by atoms with Gasteiger partial charge in [-0.3, -0.25) is 0 Å². The van der Waals surface area contributed by atoms with Crippen LogP contribution >= 0.6 is 11.6 Å². The van der Waals surface area contributed by atoms with E-state index in [-0.39, 0.29) is 5.82 Å². The Bertz CT molecular complexity index is 407. The zero-order valence-corrected chi connectivity index (χ0v) is 11.8. The molecule has 1 nitrogen and oxygen atoms in total. The minimum atomic E-state index is -0.274. The molecule has 0 radical (unpaired) electrons. The first kappa shape index (κ1) is 13.8. The van der Waals surface area contributed by atoms with Gasteiger partial charge in [-0.2, -0.15) is 0 Å². The normalized spacial score (nSPS) is 28.3. The van der Waals surface area contributed by atoms with E-state index < -0.39 is 0 Å². The van der Waals surface area contributed by atoms with E-state index in [1.807, 2.05) is 0 Å². The van der Waals surface area contributed by atoms with E-state index in [0.717, 1.165) is 23.9 Å². The second kappa shape index (κ2) is 6.03. The molecule has 1 saturated carbocycles. The van der Waals surface area contributed by atoms with Crippen LogP contribution in [0.2, 0.25) is 5.02 Å². The van der Waals surface area contributed by atoms with Crippen LogP contribution in [0, 0.1) is 17.7 Å². The molecule has 18 heavy (non-hydrogen) atoms. The summed E-state index contributed by atoms with van der Waals surface area (Å²) in [6, 6.07) is 5.18. The lowest BCUT2D eigenvalue weighted by atomic mass is 9.79. The SMILES string of the molecule is CC1CCC(NCc2ccc(F)cc2Cl)CC1C. The van der Waals surface area contributed by atoms with Crippen molar-refractivity contribution in [1.82, 2.24) is 5.32 Å². The van der Waals surface area contributed by atoms with Gasteiger partial charge in [0.25, 0.3) is 0 Å². The first-order valence-electron chi connectivity index (χ1n) is 6.73. The Morgan fingerprint density at radius 2 is 2.06 bits per heavy atom. The van der Waals surface area contributed by atoms with Crippen molar-refractivity contribution < 1.29 is 4.39 Å². The van der Waals surface area contributed by atoms with Crippen LogP contribution in [0.25, 0.3) is 0 Å². The highest BCUT2D eigenvalue weighted by molar-refractivity contribution is 6.31. The van der Waals surface area contributed by atoms with E-state index in [0.29, 0.717) is 11.1 Å². The summed E-state index contributed by atoms with van der Waals surface area (Å²) in [7, 11) is 0. The van der Waals surface area contributed by atoms with Gasteiger partial charge in [-0.05, 0) is 48.8 Å². The third-order valence-electron chi connectivity index (χ3n) is 4.19. The summed E-state index contributed by atoms with van der Waals surface area (Å²) in [4.78, 5) is 0. The van der Waals surface area contributed by atoms with Gasteiger partial charge in [0.2, 0.25) is 0 Å². The standard InChI is InChI=1S/C15H21ClFN/c1-10-3-6-14(7-11(10)2)18-9-12-4-5-13(17)8-15(12)16/h4-5,8,10-11,14,18H,3,6-7,9H2,1-2H3. The zero-order valence-electron chi connectivity index (χ0n) is 11.0. The number of hydrogen-bond donors (Lipinski definition) is 1. The monoisotopic (exact) mass is 269 g/mol. The van der Waals surface area contributed by atoms with E-state index in [9.17, 15) is 4.39 Å². The summed E-state index contributed by atoms with van der Waals surface area (Å²) < 4.78 is 12.9. The lowest BCUT2D eigenvalue weighted by Crippen LogP contribution is -2.35. The lowest BCUT2D eigenvalue weighted by Gasteiger charge is -2.32. The number of halogens is 2. The number of hydrogen-bond acceptors (Lipinski definition) is 1. The van der Waals surface area contributed by atoms with Gasteiger partial charge in [0, 0.05) is 17.6 Å². The lowest BCUT2D eigenvalue weighted by molar-refractivity contribution is 0.225. The van der Waals surface area contributed by atoms with E-state index in [1.54, 1.807) is 6.07 Å². The average Bonchev–Trinajstić information content (AvgIpc) is 2.32. The molecule has 0 heterocycles. The second-order valence-electron chi connectivity index (χ2n) is 5.58. The maximum absolute atomic E-state index is 12.9. The van der Waals surface area contributed by atoms with Gasteiger partial charge in [0.05, 0.1) is 0 Å². The molecular weight excluding hydrogens is 249 g/mol. The van der Waals surface area contributed by atoms with Crippen molar-refractivity contribution >= 4 is 11.6 Å². The largest absolute Gasteiger partial charge is 0.310 e. The molecule has 0 aromatic heterocycles. The molecule has 1 aromatic carbocycles. The van der Waals surface area contributed by atoms with Crippen molar-refractivity contribution in [3.05, 3.63) is 34.6 Å². The second-order valence-corrected chi connectivity index (χ2v) is 5.99. The summed E-state index contributed by atoms with van der Waals surface area (Å²) in [5.41, 5.74) is 0.976. The molecule has 0 bridgehead atoms. The fraction of sp³-hybridized carbons (Fsp3) is 0.600. The Hall–Kier alpha value is -0.600. The molecule has 0 saturated heterocycles. The van der Waals surface area contributed by atoms with Gasteiger partial charge in [-0.1, -0.05) is 31.5 Å². The maximum atomic E-state index is 12.9. The Morgan fingerprint density at radius 1 is 1.28 bits per heavy atom. The molecular formula is C15H21ClFN. The molecule has 1 aliphatic rings. The van der Waals surface area contributed by atoms with E-state index in [4.69, 9.17) is 11.6 Å². The average molecular weight is 270 g/mol. The van der Waals surface area contributed by atoms with Crippen molar-refractivity contribution in [1.29, 1.82) is 0 Å². The summed E-state index contributed by atoms with van der Waals surface area (Å²) >= 11 is 6.02. The van der Waals surface area contributed by atoms with Crippen LogP contribution in [0.4, 0.5) is 4.39 Å². The minimum absolute atomic E-state index is 0.274. The molecule has 1 aliphatic carbocycles. The van der Waals surface area contributed by atoms with Gasteiger partial charge in [0.15, 0.2) is 0 Å². The quantitative estimate of drug-likeness (QED) is 0.858. The molecule has 2 rings (SSSR count). The molecule has 3 unspecified atom stereocenters. The summed E-state index contributed by atoms with van der Waals surface area (Å²) in [6.45, 7) is 5.38. The summed E-state index contributed by atoms with van der Waals surface area (Å²) in [5, 5.41) is 4.06. The zero-order chi connectivity index (χ0) is 13.1. The highest BCUT2D eigenvalue weighted by atomic mass is 35.5. The molecule has 0 amide bonds. The molecule has 1 aromatic rings. The van der Waals surface area contributed by atoms with Crippen LogP contribution in [0.5, 0.6) is 0 Å². The van der Waals surface area contributed by atoms with Gasteiger partial charge >= 0.3 is 0 Å². The van der Waals surface area contributed by atoms with Crippen LogP contribution in [-0.4, -0.2) is 6.04 Å². The molecule has 100 valence electrons. The first-order valence-corrected chi connectivity index (χ1v) is 7.11. The molecule has 3 heteroatoms. The van der Waals surface area contributed by atoms with E-state index in [2.05, 4.69) is 19.2 Å². The Balaban J connectivity index is 1.88. The minimum Gasteiger partial charge on any atom is -0.310 e. The van der Waals surface area contributed by atoms with Crippen LogP contribution in [0.15, 0.2) is 18.2 Å². The Labute approximate surface area is 114 Å². The molecule has 1 N–H and O–H groups in total. The third kappa shape index (κ3) is 3.46. The maximum Gasteiger partial charge on any atom is 0.124 e. The Kier molecular flexibility index (Phi) is 4.63. The van der Waals surface area contributed by atoms with Crippen molar-refractivity contribution in [2.24, 2.45) is 11.8 Å². The van der Waals surface area contributed by atoms with Crippen molar-refractivity contribution in [2.75, 3.05) is 0 Å². The highest BCUT2D eigenvalue weighted by Crippen LogP contribution is 2.29. The highest BCUT2D eigenvalue weighted by Gasteiger charge is 2.24. The van der Waals surface area contributed by atoms with Crippen molar-refractivity contribution in [2.45, 2.75) is 45.7 Å². The number of benzene rings is 1. The topological polar surface area (TPSA) is 12.0 Å². The van der Waals surface area contributed by atoms with Gasteiger partial charge in [0.1, 0.15) is 5.82 Å². The smallest absolute Gasteiger partial charge is 0.124 e. The summed E-state index contributed by atoms with van der Waals surface area (Å²) in [5.74, 6) is 1.33.